The molecule has 2 rings (SSSR count). The molecule has 0 spiro atoms. The molecule has 17 heavy (non-hydrogen) atoms. The number of rotatable bonds is 1. The number of anilines is 1. The van der Waals surface area contributed by atoms with Crippen LogP contribution in [-0.2, 0) is 0 Å². The molecule has 0 saturated carbocycles. The zero-order valence-electron chi connectivity index (χ0n) is 10.3. The molecule has 0 aliphatic carbocycles. The van der Waals surface area contributed by atoms with E-state index in [9.17, 15) is 5.26 Å². The van der Waals surface area contributed by atoms with E-state index in [2.05, 4.69) is 21.2 Å². The van der Waals surface area contributed by atoms with Crippen molar-refractivity contribution < 1.29 is 0 Å². The Morgan fingerprint density at radius 2 is 1.94 bits per heavy atom. The highest BCUT2D eigenvalue weighted by Gasteiger charge is 2.21. The molecular formula is C12H17N5. The highest BCUT2D eigenvalue weighted by Crippen LogP contribution is 2.23. The third kappa shape index (κ3) is 2.22. The molecule has 1 fully saturated rings. The van der Waals surface area contributed by atoms with Gasteiger partial charge >= 0.3 is 0 Å². The van der Waals surface area contributed by atoms with E-state index in [4.69, 9.17) is 5.73 Å². The number of piperidine rings is 1. The van der Waals surface area contributed by atoms with Gasteiger partial charge < -0.3 is 10.6 Å². The van der Waals surface area contributed by atoms with Crippen LogP contribution in [0.1, 0.15) is 29.7 Å². The number of nitriles is 1. The minimum absolute atomic E-state index is 0.274. The standard InChI is InChI=1S/C12H17N5/c1-8-9(2)15-16-12(11(8)7-13)17-5-3-10(14)4-6-17/h10H,3-6,14H2,1-2H3. The van der Waals surface area contributed by atoms with Crippen LogP contribution in [0.3, 0.4) is 0 Å². The molecule has 0 unspecified atom stereocenters. The van der Waals surface area contributed by atoms with Crippen molar-refractivity contribution in [3.05, 3.63) is 16.8 Å². The first-order valence-electron chi connectivity index (χ1n) is 5.88. The largest absolute Gasteiger partial charge is 0.354 e. The van der Waals surface area contributed by atoms with Gasteiger partial charge in [-0.3, -0.25) is 0 Å². The van der Waals surface area contributed by atoms with Crippen molar-refractivity contribution in [3.63, 3.8) is 0 Å². The molecule has 0 bridgehead atoms. The van der Waals surface area contributed by atoms with E-state index in [1.165, 1.54) is 0 Å². The summed E-state index contributed by atoms with van der Waals surface area (Å²) in [6, 6.07) is 2.51. The van der Waals surface area contributed by atoms with E-state index in [0.29, 0.717) is 11.4 Å². The minimum atomic E-state index is 0.274. The Bertz CT molecular complexity index is 455. The van der Waals surface area contributed by atoms with Gasteiger partial charge in [0.1, 0.15) is 11.6 Å². The lowest BCUT2D eigenvalue weighted by Crippen LogP contribution is -2.40. The minimum Gasteiger partial charge on any atom is -0.354 e. The molecule has 0 radical (unpaired) electrons. The molecule has 0 atom stereocenters. The maximum absolute atomic E-state index is 9.24. The van der Waals surface area contributed by atoms with Gasteiger partial charge in [-0.25, -0.2) is 0 Å². The monoisotopic (exact) mass is 231 g/mol. The third-order valence-electron chi connectivity index (χ3n) is 3.39. The SMILES string of the molecule is Cc1nnc(N2CCC(N)CC2)c(C#N)c1C. The lowest BCUT2D eigenvalue weighted by Gasteiger charge is -2.31. The molecular weight excluding hydrogens is 214 g/mol. The fraction of sp³-hybridized carbons (Fsp3) is 0.583. The number of aromatic nitrogens is 2. The van der Waals surface area contributed by atoms with Crippen LogP contribution in [0.2, 0.25) is 0 Å². The molecule has 0 amide bonds. The van der Waals surface area contributed by atoms with Crippen LogP contribution in [0.5, 0.6) is 0 Å². The molecule has 1 aliphatic heterocycles. The average Bonchev–Trinajstić information content (AvgIpc) is 2.34. The summed E-state index contributed by atoms with van der Waals surface area (Å²) in [5.74, 6) is 0.711. The second kappa shape index (κ2) is 4.68. The Kier molecular flexibility index (Phi) is 3.25. The van der Waals surface area contributed by atoms with Crippen LogP contribution in [-0.4, -0.2) is 29.3 Å². The molecule has 5 nitrogen and oxygen atoms in total. The summed E-state index contributed by atoms with van der Waals surface area (Å²) in [4.78, 5) is 2.11. The average molecular weight is 231 g/mol. The number of hydrogen-bond acceptors (Lipinski definition) is 5. The predicted octanol–water partition coefficient (Wildman–Crippen LogP) is 0.893. The molecule has 1 aromatic rings. The highest BCUT2D eigenvalue weighted by molar-refractivity contribution is 5.57. The van der Waals surface area contributed by atoms with Crippen LogP contribution in [0.4, 0.5) is 5.82 Å². The summed E-state index contributed by atoms with van der Waals surface area (Å²) in [7, 11) is 0. The number of hydrogen-bond donors (Lipinski definition) is 1. The van der Waals surface area contributed by atoms with Crippen molar-refractivity contribution in [2.24, 2.45) is 5.73 Å². The van der Waals surface area contributed by atoms with Crippen LogP contribution in [0.15, 0.2) is 0 Å². The molecule has 90 valence electrons. The lowest BCUT2D eigenvalue weighted by atomic mass is 10.0. The summed E-state index contributed by atoms with van der Waals surface area (Å²) < 4.78 is 0. The normalized spacial score (nSPS) is 16.9. The van der Waals surface area contributed by atoms with Crippen LogP contribution in [0, 0.1) is 25.2 Å². The third-order valence-corrected chi connectivity index (χ3v) is 3.39. The number of aryl methyl sites for hydroxylation is 1. The van der Waals surface area contributed by atoms with Gasteiger partial charge in [0.05, 0.1) is 5.69 Å². The van der Waals surface area contributed by atoms with E-state index in [1.54, 1.807) is 0 Å². The van der Waals surface area contributed by atoms with E-state index in [-0.39, 0.29) is 6.04 Å². The summed E-state index contributed by atoms with van der Waals surface area (Å²) in [5.41, 5.74) is 8.26. The summed E-state index contributed by atoms with van der Waals surface area (Å²) in [6.07, 6.45) is 1.89. The van der Waals surface area contributed by atoms with Gasteiger partial charge in [0.25, 0.3) is 0 Å². The van der Waals surface area contributed by atoms with Crippen LogP contribution >= 0.6 is 0 Å². The Hall–Kier alpha value is -1.67. The first kappa shape index (κ1) is 11.8. The highest BCUT2D eigenvalue weighted by atomic mass is 15.3. The van der Waals surface area contributed by atoms with Gasteiger partial charge in [-0.05, 0) is 32.3 Å². The molecule has 2 N–H and O–H groups in total. The van der Waals surface area contributed by atoms with Gasteiger partial charge in [0.15, 0.2) is 5.82 Å². The van der Waals surface area contributed by atoms with Crippen molar-refractivity contribution in [1.29, 1.82) is 5.26 Å². The zero-order chi connectivity index (χ0) is 12.4. The van der Waals surface area contributed by atoms with Crippen LogP contribution in [0.25, 0.3) is 0 Å². The predicted molar refractivity (Wildman–Crippen MR) is 65.6 cm³/mol. The second-order valence-corrected chi connectivity index (χ2v) is 4.55. The maximum atomic E-state index is 9.24. The number of nitrogens with two attached hydrogens (primary N) is 1. The Morgan fingerprint density at radius 1 is 1.29 bits per heavy atom. The Morgan fingerprint density at radius 3 is 2.53 bits per heavy atom. The fourth-order valence-electron chi connectivity index (χ4n) is 2.06. The summed E-state index contributed by atoms with van der Waals surface area (Å²) in [6.45, 7) is 5.50. The second-order valence-electron chi connectivity index (χ2n) is 4.55. The molecule has 1 aromatic heterocycles. The maximum Gasteiger partial charge on any atom is 0.169 e. The van der Waals surface area contributed by atoms with Crippen molar-refractivity contribution in [2.45, 2.75) is 32.7 Å². The van der Waals surface area contributed by atoms with Gasteiger partial charge in [-0.1, -0.05) is 0 Å². The molecule has 1 aliphatic rings. The Labute approximate surface area is 101 Å². The quantitative estimate of drug-likeness (QED) is 0.776. The van der Waals surface area contributed by atoms with Crippen molar-refractivity contribution in [1.82, 2.24) is 10.2 Å². The van der Waals surface area contributed by atoms with Gasteiger partial charge in [-0.15, -0.1) is 5.10 Å². The van der Waals surface area contributed by atoms with Crippen molar-refractivity contribution >= 4 is 5.82 Å². The van der Waals surface area contributed by atoms with Gasteiger partial charge in [-0.2, -0.15) is 10.4 Å². The van der Waals surface area contributed by atoms with E-state index >= 15 is 0 Å². The topological polar surface area (TPSA) is 78.8 Å². The summed E-state index contributed by atoms with van der Waals surface area (Å²) >= 11 is 0. The molecule has 5 heteroatoms. The van der Waals surface area contributed by atoms with Crippen molar-refractivity contribution in [3.8, 4) is 6.07 Å². The van der Waals surface area contributed by atoms with Crippen molar-refractivity contribution in [2.75, 3.05) is 18.0 Å². The first-order chi connectivity index (χ1) is 8.13. The smallest absolute Gasteiger partial charge is 0.169 e. The lowest BCUT2D eigenvalue weighted by molar-refractivity contribution is 0.497. The van der Waals surface area contributed by atoms with Gasteiger partial charge in [0.2, 0.25) is 0 Å². The molecule has 0 aromatic carbocycles. The molecule has 1 saturated heterocycles. The van der Waals surface area contributed by atoms with E-state index in [1.807, 2.05) is 13.8 Å². The number of nitrogens with zero attached hydrogens (tertiary/aromatic N) is 4. The molecule has 2 heterocycles. The van der Waals surface area contributed by atoms with Gasteiger partial charge in [0, 0.05) is 19.1 Å². The Balaban J connectivity index is 2.33. The first-order valence-corrected chi connectivity index (χ1v) is 5.88. The summed E-state index contributed by atoms with van der Waals surface area (Å²) in [5, 5.41) is 17.5. The zero-order valence-corrected chi connectivity index (χ0v) is 10.3. The van der Waals surface area contributed by atoms with Crippen LogP contribution < -0.4 is 10.6 Å². The fourth-order valence-corrected chi connectivity index (χ4v) is 2.06. The van der Waals surface area contributed by atoms with E-state index < -0.39 is 0 Å². The van der Waals surface area contributed by atoms with E-state index in [0.717, 1.165) is 37.2 Å².